The van der Waals surface area contributed by atoms with Gasteiger partial charge in [0.25, 0.3) is 0 Å². The quantitative estimate of drug-likeness (QED) is 0.617. The lowest BCUT2D eigenvalue weighted by atomic mass is 10.1. The van der Waals surface area contributed by atoms with Gasteiger partial charge in [-0.2, -0.15) is 0 Å². The Bertz CT molecular complexity index is 850. The fraction of sp³-hybridized carbons (Fsp3) is 0.333. The van der Waals surface area contributed by atoms with Crippen molar-refractivity contribution in [3.05, 3.63) is 54.2 Å². The minimum atomic E-state index is -3.58. The van der Waals surface area contributed by atoms with Gasteiger partial charge in [-0.3, -0.25) is 0 Å². The maximum atomic E-state index is 12.2. The van der Waals surface area contributed by atoms with E-state index in [0.29, 0.717) is 24.7 Å². The molecule has 2 aromatic rings. The highest BCUT2D eigenvalue weighted by atomic mass is 32.2. The Kier molecular flexibility index (Phi) is 5.53. The number of benzene rings is 1. The van der Waals surface area contributed by atoms with Crippen molar-refractivity contribution in [2.45, 2.75) is 30.2 Å². The Morgan fingerprint density at radius 2 is 1.92 bits per heavy atom. The third-order valence-electron chi connectivity index (χ3n) is 4.21. The van der Waals surface area contributed by atoms with Crippen LogP contribution in [-0.4, -0.2) is 37.1 Å². The molecule has 1 aromatic heterocycles. The molecular weight excluding hydrogens is 354 g/mol. The molecule has 3 N–H and O–H groups in total. The van der Waals surface area contributed by atoms with Crippen LogP contribution in [0.4, 0.5) is 5.82 Å². The third-order valence-corrected chi connectivity index (χ3v) is 5.62. The van der Waals surface area contributed by atoms with Crippen molar-refractivity contribution < 1.29 is 18.3 Å². The van der Waals surface area contributed by atoms with Crippen LogP contribution < -0.4 is 10.0 Å². The van der Waals surface area contributed by atoms with Crippen molar-refractivity contribution in [1.82, 2.24) is 9.71 Å². The fourth-order valence-corrected chi connectivity index (χ4v) is 3.55. The molecular formula is C18H21N3O4S. The van der Waals surface area contributed by atoms with Crippen LogP contribution in [0.3, 0.4) is 0 Å². The van der Waals surface area contributed by atoms with Crippen LogP contribution >= 0.6 is 0 Å². The lowest BCUT2D eigenvalue weighted by Gasteiger charge is -2.15. The van der Waals surface area contributed by atoms with Crippen LogP contribution in [0.15, 0.2) is 53.6 Å². The molecule has 1 aliphatic rings. The average Bonchev–Trinajstić information content (AvgIpc) is 3.45. The van der Waals surface area contributed by atoms with Crippen LogP contribution in [0.2, 0.25) is 0 Å². The zero-order valence-electron chi connectivity index (χ0n) is 14.1. The summed E-state index contributed by atoms with van der Waals surface area (Å²) in [5, 5.41) is 12.3. The highest BCUT2D eigenvalue weighted by Crippen LogP contribution is 2.28. The van der Waals surface area contributed by atoms with E-state index in [1.807, 2.05) is 30.3 Å². The fourth-order valence-electron chi connectivity index (χ4n) is 2.49. The van der Waals surface area contributed by atoms with E-state index in [2.05, 4.69) is 15.0 Å². The maximum Gasteiger partial charge on any atom is 0.326 e. The van der Waals surface area contributed by atoms with Crippen molar-refractivity contribution in [3.8, 4) is 0 Å². The number of anilines is 1. The Balaban J connectivity index is 1.65. The monoisotopic (exact) mass is 375 g/mol. The Morgan fingerprint density at radius 1 is 1.19 bits per heavy atom. The zero-order valence-corrected chi connectivity index (χ0v) is 14.9. The SMILES string of the molecule is O=C(O)[C@@H](Cc1ccccc1)Nc1ccc(S(=O)(=O)NCC2CC2)cn1. The van der Waals surface area contributed by atoms with E-state index in [4.69, 9.17) is 0 Å². The second-order valence-electron chi connectivity index (χ2n) is 6.40. The summed E-state index contributed by atoms with van der Waals surface area (Å²) in [6, 6.07) is 11.3. The highest BCUT2D eigenvalue weighted by molar-refractivity contribution is 7.89. The highest BCUT2D eigenvalue weighted by Gasteiger charge is 2.24. The van der Waals surface area contributed by atoms with E-state index in [1.165, 1.54) is 18.3 Å². The molecule has 1 saturated carbocycles. The summed E-state index contributed by atoms with van der Waals surface area (Å²) in [5.41, 5.74) is 0.885. The normalized spacial score (nSPS) is 15.4. The van der Waals surface area contributed by atoms with Crippen molar-refractivity contribution in [1.29, 1.82) is 0 Å². The van der Waals surface area contributed by atoms with Gasteiger partial charge in [0.05, 0.1) is 0 Å². The van der Waals surface area contributed by atoms with Crippen molar-refractivity contribution in [2.75, 3.05) is 11.9 Å². The molecule has 1 heterocycles. The summed E-state index contributed by atoms with van der Waals surface area (Å²) in [5.74, 6) is -0.249. The Morgan fingerprint density at radius 3 is 2.50 bits per heavy atom. The smallest absolute Gasteiger partial charge is 0.326 e. The lowest BCUT2D eigenvalue weighted by Crippen LogP contribution is -2.32. The topological polar surface area (TPSA) is 108 Å². The van der Waals surface area contributed by atoms with Gasteiger partial charge in [-0.1, -0.05) is 30.3 Å². The minimum absolute atomic E-state index is 0.0682. The van der Waals surface area contributed by atoms with Gasteiger partial charge in [-0.05, 0) is 36.5 Å². The molecule has 0 radical (unpaired) electrons. The minimum Gasteiger partial charge on any atom is -0.480 e. The second kappa shape index (κ2) is 7.84. The summed E-state index contributed by atoms with van der Waals surface area (Å²) in [6.45, 7) is 0.445. The molecule has 0 spiro atoms. The first-order valence-electron chi connectivity index (χ1n) is 8.43. The molecule has 0 aliphatic heterocycles. The van der Waals surface area contributed by atoms with E-state index in [0.717, 1.165) is 18.4 Å². The summed E-state index contributed by atoms with van der Waals surface area (Å²) >= 11 is 0. The standard InChI is InChI=1S/C18H21N3O4S/c22-18(23)16(10-13-4-2-1-3-5-13)21-17-9-8-15(12-19-17)26(24,25)20-11-14-6-7-14/h1-5,8-9,12,14,16,20H,6-7,10-11H2,(H,19,21)(H,22,23)/t16-/m1/s1. The number of pyridine rings is 1. The van der Waals surface area contributed by atoms with E-state index in [-0.39, 0.29) is 4.90 Å². The molecule has 0 bridgehead atoms. The first kappa shape index (κ1) is 18.3. The van der Waals surface area contributed by atoms with Crippen LogP contribution in [-0.2, 0) is 21.2 Å². The molecule has 1 atom stereocenters. The van der Waals surface area contributed by atoms with Crippen LogP contribution in [0, 0.1) is 5.92 Å². The first-order valence-corrected chi connectivity index (χ1v) is 9.91. The number of carboxylic acid groups (broad SMARTS) is 1. The molecule has 8 heteroatoms. The number of hydrogen-bond acceptors (Lipinski definition) is 5. The number of aliphatic carboxylic acids is 1. The molecule has 0 unspecified atom stereocenters. The number of aromatic nitrogens is 1. The summed E-state index contributed by atoms with van der Waals surface area (Å²) in [6.07, 6.45) is 3.64. The summed E-state index contributed by atoms with van der Waals surface area (Å²) < 4.78 is 26.9. The number of nitrogens with zero attached hydrogens (tertiary/aromatic N) is 1. The second-order valence-corrected chi connectivity index (χ2v) is 8.17. The molecule has 0 saturated heterocycles. The zero-order chi connectivity index (χ0) is 18.6. The number of carboxylic acids is 1. The van der Waals surface area contributed by atoms with Gasteiger partial charge in [0, 0.05) is 19.2 Å². The molecule has 138 valence electrons. The van der Waals surface area contributed by atoms with Gasteiger partial charge in [0.1, 0.15) is 16.8 Å². The van der Waals surface area contributed by atoms with Crippen molar-refractivity contribution >= 4 is 21.8 Å². The van der Waals surface area contributed by atoms with Crippen molar-refractivity contribution in [3.63, 3.8) is 0 Å². The van der Waals surface area contributed by atoms with E-state index in [9.17, 15) is 18.3 Å². The van der Waals surface area contributed by atoms with Crippen LogP contribution in [0.5, 0.6) is 0 Å². The van der Waals surface area contributed by atoms with Gasteiger partial charge in [-0.25, -0.2) is 22.9 Å². The molecule has 1 aromatic carbocycles. The van der Waals surface area contributed by atoms with Gasteiger partial charge in [0.15, 0.2) is 0 Å². The molecule has 1 fully saturated rings. The molecule has 7 nitrogen and oxygen atoms in total. The Labute approximate surface area is 152 Å². The average molecular weight is 375 g/mol. The molecule has 0 amide bonds. The van der Waals surface area contributed by atoms with Crippen LogP contribution in [0.1, 0.15) is 18.4 Å². The lowest BCUT2D eigenvalue weighted by molar-refractivity contribution is -0.137. The predicted octanol–water partition coefficient (Wildman–Crippen LogP) is 1.88. The number of hydrogen-bond donors (Lipinski definition) is 3. The van der Waals surface area contributed by atoms with Crippen LogP contribution in [0.25, 0.3) is 0 Å². The Hall–Kier alpha value is -2.45. The van der Waals surface area contributed by atoms with Gasteiger partial charge < -0.3 is 10.4 Å². The maximum absolute atomic E-state index is 12.2. The molecule has 26 heavy (non-hydrogen) atoms. The number of carbonyl (C=O) groups is 1. The predicted molar refractivity (Wildman–Crippen MR) is 97.3 cm³/mol. The largest absolute Gasteiger partial charge is 0.480 e. The first-order chi connectivity index (χ1) is 12.4. The summed E-state index contributed by atoms with van der Waals surface area (Å²) in [4.78, 5) is 15.6. The number of rotatable bonds is 9. The van der Waals surface area contributed by atoms with E-state index < -0.39 is 22.0 Å². The third kappa shape index (κ3) is 5.03. The summed E-state index contributed by atoms with van der Waals surface area (Å²) in [7, 11) is -3.58. The number of sulfonamides is 1. The van der Waals surface area contributed by atoms with E-state index in [1.54, 1.807) is 0 Å². The molecule has 1 aliphatic carbocycles. The van der Waals surface area contributed by atoms with Gasteiger partial charge in [-0.15, -0.1) is 0 Å². The molecule has 3 rings (SSSR count). The van der Waals surface area contributed by atoms with Gasteiger partial charge in [0.2, 0.25) is 10.0 Å². The van der Waals surface area contributed by atoms with Gasteiger partial charge >= 0.3 is 5.97 Å². The van der Waals surface area contributed by atoms with E-state index >= 15 is 0 Å². The van der Waals surface area contributed by atoms with Crippen molar-refractivity contribution in [2.24, 2.45) is 5.92 Å². The number of nitrogens with one attached hydrogen (secondary N) is 2.